The van der Waals surface area contributed by atoms with Crippen LogP contribution in [-0.4, -0.2) is 11.3 Å². The first kappa shape index (κ1) is 20.0. The minimum atomic E-state index is 0. The van der Waals surface area contributed by atoms with Crippen LogP contribution in [0.3, 0.4) is 0 Å². The monoisotopic (exact) mass is 289 g/mol. The molecule has 0 spiro atoms. The predicted octanol–water partition coefficient (Wildman–Crippen LogP) is 4.35. The van der Waals surface area contributed by atoms with Crippen molar-refractivity contribution in [2.45, 2.75) is 6.92 Å². The number of para-hydroxylation sites is 1. The van der Waals surface area contributed by atoms with Gasteiger partial charge < -0.3 is 20.0 Å². The zero-order valence-electron chi connectivity index (χ0n) is 11.6. The van der Waals surface area contributed by atoms with Crippen LogP contribution in [-0.2, 0) is 21.7 Å². The van der Waals surface area contributed by atoms with Crippen LogP contribution in [0.4, 0.5) is 5.69 Å². The summed E-state index contributed by atoms with van der Waals surface area (Å²) in [6, 6.07) is 15.2. The predicted molar refractivity (Wildman–Crippen MR) is 79.4 cm³/mol. The van der Waals surface area contributed by atoms with Crippen LogP contribution in [0.1, 0.15) is 11.1 Å². The van der Waals surface area contributed by atoms with Gasteiger partial charge in [0.25, 0.3) is 0 Å². The molecular formula is C16H19NOTi. The van der Waals surface area contributed by atoms with E-state index in [9.17, 15) is 5.11 Å². The number of rotatable bonds is 2. The van der Waals surface area contributed by atoms with Gasteiger partial charge in [-0.05, 0) is 36.8 Å². The van der Waals surface area contributed by atoms with Gasteiger partial charge in [-0.3, -0.25) is 4.99 Å². The molecule has 2 rings (SSSR count). The van der Waals surface area contributed by atoms with Crippen molar-refractivity contribution >= 4 is 11.9 Å². The summed E-state index contributed by atoms with van der Waals surface area (Å²) in [6.07, 6.45) is 1.67. The van der Waals surface area contributed by atoms with Crippen molar-refractivity contribution in [3.05, 3.63) is 74.5 Å². The molecule has 0 bridgehead atoms. The Morgan fingerprint density at radius 2 is 1.63 bits per heavy atom. The van der Waals surface area contributed by atoms with Gasteiger partial charge >= 0.3 is 21.7 Å². The molecule has 0 aliphatic rings. The summed E-state index contributed by atoms with van der Waals surface area (Å²) in [5, 5.41) is 9.68. The van der Waals surface area contributed by atoms with Crippen molar-refractivity contribution in [1.29, 1.82) is 0 Å². The van der Waals surface area contributed by atoms with Gasteiger partial charge in [-0.2, -0.15) is 0 Å². The largest absolute Gasteiger partial charge is 2.00 e. The Morgan fingerprint density at radius 3 is 2.21 bits per heavy atom. The molecule has 0 fully saturated rings. The minimum Gasteiger partial charge on any atom is -0.507 e. The number of phenols is 1. The third-order valence-electron chi connectivity index (χ3n) is 2.29. The Bertz CT molecular complexity index is 509. The van der Waals surface area contributed by atoms with E-state index in [-0.39, 0.29) is 42.3 Å². The molecule has 0 amide bonds. The van der Waals surface area contributed by atoms with E-state index in [2.05, 4.69) is 4.99 Å². The van der Waals surface area contributed by atoms with Crippen molar-refractivity contribution in [1.82, 2.24) is 0 Å². The Balaban J connectivity index is 0. The first-order chi connectivity index (χ1) is 7.75. The molecule has 98 valence electrons. The fourth-order valence-electron chi connectivity index (χ4n) is 1.42. The van der Waals surface area contributed by atoms with Crippen molar-refractivity contribution in [3.8, 4) is 5.75 Å². The second-order valence-corrected chi connectivity index (χ2v) is 3.66. The number of aromatic hydroxyl groups is 1. The molecule has 0 aliphatic heterocycles. The van der Waals surface area contributed by atoms with Gasteiger partial charge in [0.1, 0.15) is 5.75 Å². The van der Waals surface area contributed by atoms with Crippen LogP contribution < -0.4 is 0 Å². The van der Waals surface area contributed by atoms with E-state index in [0.717, 1.165) is 16.8 Å². The molecule has 0 atom stereocenters. The van der Waals surface area contributed by atoms with E-state index < -0.39 is 0 Å². The summed E-state index contributed by atoms with van der Waals surface area (Å²) >= 11 is 0. The third kappa shape index (κ3) is 5.86. The standard InChI is InChI=1S/C14H13NO.2CH3.Ti/c1-11-7-8-12(14(16)9-11)10-15-13-5-3-2-4-6-13;;;/h2-10,16H,1H3;2*1H3;/q;2*-1;+2. The number of aryl methyl sites for hydroxylation is 1. The van der Waals surface area contributed by atoms with Gasteiger partial charge in [0.15, 0.2) is 0 Å². The fourth-order valence-corrected chi connectivity index (χ4v) is 1.42. The first-order valence-corrected chi connectivity index (χ1v) is 5.14. The third-order valence-corrected chi connectivity index (χ3v) is 2.29. The summed E-state index contributed by atoms with van der Waals surface area (Å²) in [5.74, 6) is 0.264. The molecule has 2 nitrogen and oxygen atoms in total. The normalized spacial score (nSPS) is 9.11. The Labute approximate surface area is 131 Å². The molecule has 19 heavy (non-hydrogen) atoms. The SMILES string of the molecule is Cc1ccc(C=Nc2ccccc2)c(O)c1.[CH3-].[CH3-].[Ti+2]. The minimum absolute atomic E-state index is 0. The van der Waals surface area contributed by atoms with Gasteiger partial charge in [-0.1, -0.05) is 24.3 Å². The molecular weight excluding hydrogens is 270 g/mol. The second-order valence-electron chi connectivity index (χ2n) is 3.66. The van der Waals surface area contributed by atoms with Crippen LogP contribution in [0.2, 0.25) is 0 Å². The Morgan fingerprint density at radius 1 is 1.00 bits per heavy atom. The second kappa shape index (κ2) is 9.54. The summed E-state index contributed by atoms with van der Waals surface area (Å²) < 4.78 is 0. The quantitative estimate of drug-likeness (QED) is 0.497. The number of phenolic OH excluding ortho intramolecular Hbond substituents is 1. The summed E-state index contributed by atoms with van der Waals surface area (Å²) in [7, 11) is 0. The van der Waals surface area contributed by atoms with Crippen molar-refractivity contribution in [2.24, 2.45) is 4.99 Å². The van der Waals surface area contributed by atoms with Gasteiger partial charge in [-0.15, -0.1) is 0 Å². The van der Waals surface area contributed by atoms with Crippen molar-refractivity contribution in [2.75, 3.05) is 0 Å². The molecule has 0 saturated carbocycles. The molecule has 0 aliphatic carbocycles. The van der Waals surface area contributed by atoms with Crippen LogP contribution in [0.25, 0.3) is 0 Å². The van der Waals surface area contributed by atoms with Gasteiger partial charge in [-0.25, -0.2) is 0 Å². The van der Waals surface area contributed by atoms with Crippen LogP contribution >= 0.6 is 0 Å². The van der Waals surface area contributed by atoms with E-state index >= 15 is 0 Å². The number of nitrogens with zero attached hydrogens (tertiary/aromatic N) is 1. The van der Waals surface area contributed by atoms with E-state index in [4.69, 9.17) is 0 Å². The number of aliphatic imine (C=N–C) groups is 1. The van der Waals surface area contributed by atoms with E-state index in [1.807, 2.05) is 49.4 Å². The maximum absolute atomic E-state index is 9.68. The summed E-state index contributed by atoms with van der Waals surface area (Å²) in [5.41, 5.74) is 2.64. The fraction of sp³-hybridized carbons (Fsp3) is 0.0625. The van der Waals surface area contributed by atoms with E-state index in [1.165, 1.54) is 0 Å². The number of benzene rings is 2. The van der Waals surface area contributed by atoms with Gasteiger partial charge in [0, 0.05) is 11.8 Å². The topological polar surface area (TPSA) is 32.6 Å². The zero-order chi connectivity index (χ0) is 11.4. The molecule has 0 unspecified atom stereocenters. The molecule has 2 aromatic carbocycles. The van der Waals surface area contributed by atoms with Gasteiger partial charge in [0.2, 0.25) is 0 Å². The molecule has 1 N–H and O–H groups in total. The molecule has 0 saturated heterocycles. The van der Waals surface area contributed by atoms with Crippen LogP contribution in [0.15, 0.2) is 53.5 Å². The molecule has 0 aromatic heterocycles. The first-order valence-electron chi connectivity index (χ1n) is 5.14. The maximum atomic E-state index is 9.68. The average molecular weight is 289 g/mol. The number of hydrogen-bond donors (Lipinski definition) is 1. The smallest absolute Gasteiger partial charge is 0.507 e. The molecule has 3 heteroatoms. The summed E-state index contributed by atoms with van der Waals surface area (Å²) in [4.78, 5) is 4.28. The van der Waals surface area contributed by atoms with Crippen molar-refractivity contribution in [3.63, 3.8) is 0 Å². The molecule has 2 aromatic rings. The van der Waals surface area contributed by atoms with E-state index in [1.54, 1.807) is 12.3 Å². The van der Waals surface area contributed by atoms with Crippen LogP contribution in [0.5, 0.6) is 5.75 Å². The van der Waals surface area contributed by atoms with E-state index in [0.29, 0.717) is 0 Å². The molecule has 0 heterocycles. The zero-order valence-corrected chi connectivity index (χ0v) is 13.2. The average Bonchev–Trinajstić information content (AvgIpc) is 2.29. The molecule has 0 radical (unpaired) electrons. The van der Waals surface area contributed by atoms with Crippen LogP contribution in [0, 0.1) is 21.8 Å². The van der Waals surface area contributed by atoms with Crippen molar-refractivity contribution < 1.29 is 26.8 Å². The Hall–Kier alpha value is -1.38. The summed E-state index contributed by atoms with van der Waals surface area (Å²) in [6.45, 7) is 1.94. The Kier molecular flexibility index (Phi) is 10.0. The number of hydrogen-bond acceptors (Lipinski definition) is 2. The maximum Gasteiger partial charge on any atom is 2.00 e. The van der Waals surface area contributed by atoms with Gasteiger partial charge in [0.05, 0.1) is 5.69 Å².